The molecule has 0 bridgehead atoms. The number of nitriles is 1. The molecule has 6 nitrogen and oxygen atoms in total. The lowest BCUT2D eigenvalue weighted by Gasteiger charge is -2.32. The summed E-state index contributed by atoms with van der Waals surface area (Å²) >= 11 is 0. The lowest BCUT2D eigenvalue weighted by Crippen LogP contribution is -2.47. The van der Waals surface area contributed by atoms with Crippen LogP contribution in [0.2, 0.25) is 0 Å². The number of hydrogen-bond acceptors (Lipinski definition) is 4. The van der Waals surface area contributed by atoms with Crippen LogP contribution in [0.1, 0.15) is 31.2 Å². The minimum atomic E-state index is -0.0850. The second-order valence-corrected chi connectivity index (χ2v) is 6.50. The average Bonchev–Trinajstić information content (AvgIpc) is 3.44. The largest absolute Gasteiger partial charge is 0.376 e. The number of rotatable bonds is 5. The van der Waals surface area contributed by atoms with E-state index in [0.717, 1.165) is 31.4 Å². The number of benzene rings is 1. The molecular formula is C18H22N4O2. The monoisotopic (exact) mass is 326 g/mol. The van der Waals surface area contributed by atoms with Crippen molar-refractivity contribution >= 4 is 17.5 Å². The van der Waals surface area contributed by atoms with Crippen LogP contribution < -0.4 is 10.6 Å². The van der Waals surface area contributed by atoms with Gasteiger partial charge < -0.3 is 15.5 Å². The maximum absolute atomic E-state index is 12.4. The molecule has 0 radical (unpaired) electrons. The van der Waals surface area contributed by atoms with Gasteiger partial charge in [0.25, 0.3) is 0 Å². The highest BCUT2D eigenvalue weighted by molar-refractivity contribution is 5.83. The molecule has 0 aromatic heterocycles. The number of anilines is 1. The van der Waals surface area contributed by atoms with Crippen molar-refractivity contribution in [2.45, 2.75) is 31.7 Å². The molecule has 2 amide bonds. The van der Waals surface area contributed by atoms with Crippen molar-refractivity contribution in [1.29, 1.82) is 5.26 Å². The van der Waals surface area contributed by atoms with Gasteiger partial charge in [0.15, 0.2) is 0 Å². The molecule has 1 aliphatic carbocycles. The highest BCUT2D eigenvalue weighted by Crippen LogP contribution is 2.22. The second-order valence-electron chi connectivity index (χ2n) is 6.50. The summed E-state index contributed by atoms with van der Waals surface area (Å²) in [6.45, 7) is 1.41. The van der Waals surface area contributed by atoms with Crippen molar-refractivity contribution in [3.05, 3.63) is 29.8 Å². The molecule has 1 aromatic rings. The third-order valence-electron chi connectivity index (χ3n) is 4.53. The zero-order chi connectivity index (χ0) is 16.9. The summed E-state index contributed by atoms with van der Waals surface area (Å²) in [6, 6.07) is 9.43. The van der Waals surface area contributed by atoms with Gasteiger partial charge in [-0.2, -0.15) is 5.26 Å². The predicted octanol–water partition coefficient (Wildman–Crippen LogP) is 1.49. The molecule has 2 N–H and O–H groups in total. The smallest absolute Gasteiger partial charge is 0.241 e. The third-order valence-corrected chi connectivity index (χ3v) is 4.53. The Kier molecular flexibility index (Phi) is 4.99. The zero-order valence-corrected chi connectivity index (χ0v) is 13.6. The average molecular weight is 326 g/mol. The molecule has 6 heteroatoms. The normalized spacial score (nSPS) is 20.1. The van der Waals surface area contributed by atoms with Gasteiger partial charge in [0.2, 0.25) is 11.8 Å². The Morgan fingerprint density at radius 2 is 1.96 bits per heavy atom. The van der Waals surface area contributed by atoms with E-state index in [1.807, 2.05) is 0 Å². The lowest BCUT2D eigenvalue weighted by molar-refractivity contribution is -0.134. The second kappa shape index (κ2) is 7.35. The molecule has 2 fully saturated rings. The standard InChI is InChI=1S/C18H22N4O2/c19-10-13-3-5-15(6-4-13)20-11-17(23)22-9-1-2-14(12-22)18(24)21-16-7-8-16/h3-6,14,16,20H,1-2,7-9,11-12H2,(H,21,24)/t14-/m0/s1. The van der Waals surface area contributed by atoms with Gasteiger partial charge in [0, 0.05) is 24.8 Å². The van der Waals surface area contributed by atoms with Crippen molar-refractivity contribution in [2.24, 2.45) is 5.92 Å². The first-order valence-electron chi connectivity index (χ1n) is 8.48. The molecule has 126 valence electrons. The maximum Gasteiger partial charge on any atom is 0.241 e. The van der Waals surface area contributed by atoms with Crippen LogP contribution in [0.15, 0.2) is 24.3 Å². The minimum absolute atomic E-state index is 0.00304. The topological polar surface area (TPSA) is 85.2 Å². The molecule has 1 atom stereocenters. The van der Waals surface area contributed by atoms with Gasteiger partial charge in [-0.15, -0.1) is 0 Å². The molecule has 0 spiro atoms. The van der Waals surface area contributed by atoms with Crippen LogP contribution in [0.4, 0.5) is 5.69 Å². The number of carbonyl (C=O) groups is 2. The van der Waals surface area contributed by atoms with Gasteiger partial charge in [-0.05, 0) is 49.9 Å². The van der Waals surface area contributed by atoms with Crippen molar-refractivity contribution in [1.82, 2.24) is 10.2 Å². The number of nitrogens with one attached hydrogen (secondary N) is 2. The fraction of sp³-hybridized carbons (Fsp3) is 0.500. The fourth-order valence-electron chi connectivity index (χ4n) is 2.92. The summed E-state index contributed by atoms with van der Waals surface area (Å²) in [5.41, 5.74) is 1.40. The summed E-state index contributed by atoms with van der Waals surface area (Å²) in [7, 11) is 0. The van der Waals surface area contributed by atoms with Gasteiger partial charge in [-0.1, -0.05) is 0 Å². The molecule has 1 aromatic carbocycles. The van der Waals surface area contributed by atoms with Crippen molar-refractivity contribution in [3.63, 3.8) is 0 Å². The Labute approximate surface area is 141 Å². The highest BCUT2D eigenvalue weighted by atomic mass is 16.2. The van der Waals surface area contributed by atoms with E-state index in [9.17, 15) is 9.59 Å². The van der Waals surface area contributed by atoms with E-state index in [0.29, 0.717) is 24.7 Å². The van der Waals surface area contributed by atoms with Crippen molar-refractivity contribution in [3.8, 4) is 6.07 Å². The van der Waals surface area contributed by atoms with E-state index >= 15 is 0 Å². The molecule has 2 aliphatic rings. The van der Waals surface area contributed by atoms with Gasteiger partial charge in [0.1, 0.15) is 0 Å². The van der Waals surface area contributed by atoms with Crippen LogP contribution in [-0.4, -0.2) is 42.4 Å². The number of nitrogens with zero attached hydrogens (tertiary/aromatic N) is 2. The Morgan fingerprint density at radius 1 is 1.21 bits per heavy atom. The first kappa shape index (κ1) is 16.3. The summed E-state index contributed by atoms with van der Waals surface area (Å²) in [4.78, 5) is 26.3. The van der Waals surface area contributed by atoms with Gasteiger partial charge in [-0.25, -0.2) is 0 Å². The number of piperidine rings is 1. The lowest BCUT2D eigenvalue weighted by atomic mass is 9.97. The zero-order valence-electron chi connectivity index (χ0n) is 13.6. The molecule has 24 heavy (non-hydrogen) atoms. The molecule has 0 unspecified atom stereocenters. The van der Waals surface area contributed by atoms with Gasteiger partial charge in [0.05, 0.1) is 24.1 Å². The Hall–Kier alpha value is -2.55. The molecule has 1 aliphatic heterocycles. The minimum Gasteiger partial charge on any atom is -0.376 e. The van der Waals surface area contributed by atoms with Gasteiger partial charge in [-0.3, -0.25) is 9.59 Å². The van der Waals surface area contributed by atoms with E-state index in [4.69, 9.17) is 5.26 Å². The number of carbonyl (C=O) groups excluding carboxylic acids is 2. The summed E-state index contributed by atoms with van der Waals surface area (Å²) in [5.74, 6) is 0.0107. The predicted molar refractivity (Wildman–Crippen MR) is 90.1 cm³/mol. The molecule has 3 rings (SSSR count). The first-order chi connectivity index (χ1) is 11.7. The third kappa shape index (κ3) is 4.25. The summed E-state index contributed by atoms with van der Waals surface area (Å²) in [5, 5.41) is 14.9. The van der Waals surface area contributed by atoms with E-state index in [-0.39, 0.29) is 24.3 Å². The SMILES string of the molecule is N#Cc1ccc(NCC(=O)N2CCC[C@H](C(=O)NC3CC3)C2)cc1. The van der Waals surface area contributed by atoms with E-state index in [1.165, 1.54) is 0 Å². The fourth-order valence-corrected chi connectivity index (χ4v) is 2.92. The molecule has 1 heterocycles. The number of amides is 2. The van der Waals surface area contributed by atoms with Crippen molar-refractivity contribution in [2.75, 3.05) is 25.0 Å². The van der Waals surface area contributed by atoms with E-state index < -0.39 is 0 Å². The van der Waals surface area contributed by atoms with E-state index in [1.54, 1.807) is 29.2 Å². The first-order valence-corrected chi connectivity index (χ1v) is 8.48. The van der Waals surface area contributed by atoms with Crippen LogP contribution >= 0.6 is 0 Å². The molecular weight excluding hydrogens is 304 g/mol. The molecule has 1 saturated carbocycles. The van der Waals surface area contributed by atoms with Crippen LogP contribution in [-0.2, 0) is 9.59 Å². The number of likely N-dealkylation sites (tertiary alicyclic amines) is 1. The number of hydrogen-bond donors (Lipinski definition) is 2. The van der Waals surface area contributed by atoms with Crippen LogP contribution in [0.25, 0.3) is 0 Å². The van der Waals surface area contributed by atoms with Crippen molar-refractivity contribution < 1.29 is 9.59 Å². The quantitative estimate of drug-likeness (QED) is 0.858. The molecule has 1 saturated heterocycles. The maximum atomic E-state index is 12.4. The highest BCUT2D eigenvalue weighted by Gasteiger charge is 2.31. The van der Waals surface area contributed by atoms with E-state index in [2.05, 4.69) is 16.7 Å². The van der Waals surface area contributed by atoms with Crippen LogP contribution in [0, 0.1) is 17.2 Å². The van der Waals surface area contributed by atoms with Gasteiger partial charge >= 0.3 is 0 Å². The Bertz CT molecular complexity index is 646. The Morgan fingerprint density at radius 3 is 2.62 bits per heavy atom. The summed E-state index contributed by atoms with van der Waals surface area (Å²) in [6.07, 6.45) is 3.88. The summed E-state index contributed by atoms with van der Waals surface area (Å²) < 4.78 is 0. The Balaban J connectivity index is 1.48. The van der Waals surface area contributed by atoms with Crippen LogP contribution in [0.5, 0.6) is 0 Å². The van der Waals surface area contributed by atoms with Crippen LogP contribution in [0.3, 0.4) is 0 Å².